The summed E-state index contributed by atoms with van der Waals surface area (Å²) in [5.41, 5.74) is 1.13. The number of thiocarbonyl (C=S) groups is 1. The average Bonchev–Trinajstić information content (AvgIpc) is 2.86. The van der Waals surface area contributed by atoms with Crippen LogP contribution in [0.2, 0.25) is 10.0 Å². The van der Waals surface area contributed by atoms with E-state index in [0.29, 0.717) is 30.5 Å². The molecule has 132 valence electrons. The number of halogens is 2. The largest absolute Gasteiger partial charge is 0.324 e. The van der Waals surface area contributed by atoms with Crippen molar-refractivity contribution in [2.75, 3.05) is 11.9 Å². The standard InChI is InChI=1S/C17H11Cl2N3O2S2/c18-12-2-1-3-13(19)11(12)8-14-16(24)22(17(25)26-14)9-15(23)21-10-4-6-20-7-5-10/h1-8H,9H2,(H,20,21,23)/b14-8-. The lowest BCUT2D eigenvalue weighted by Crippen LogP contribution is -2.36. The molecule has 1 aromatic carbocycles. The number of carbonyl (C=O) groups is 2. The van der Waals surface area contributed by atoms with Gasteiger partial charge in [-0.15, -0.1) is 0 Å². The van der Waals surface area contributed by atoms with E-state index in [-0.39, 0.29) is 18.4 Å². The van der Waals surface area contributed by atoms with Crippen molar-refractivity contribution in [1.82, 2.24) is 9.88 Å². The monoisotopic (exact) mass is 423 g/mol. The Kier molecular flexibility index (Phi) is 5.93. The van der Waals surface area contributed by atoms with Crippen molar-refractivity contribution in [2.45, 2.75) is 0 Å². The average molecular weight is 424 g/mol. The highest BCUT2D eigenvalue weighted by Crippen LogP contribution is 2.35. The molecular formula is C17H11Cl2N3O2S2. The van der Waals surface area contributed by atoms with Gasteiger partial charge in [0.1, 0.15) is 10.9 Å². The number of benzene rings is 1. The van der Waals surface area contributed by atoms with Gasteiger partial charge in [-0.3, -0.25) is 19.5 Å². The van der Waals surface area contributed by atoms with Gasteiger partial charge in [-0.05, 0) is 30.3 Å². The minimum atomic E-state index is -0.360. The highest BCUT2D eigenvalue weighted by molar-refractivity contribution is 8.26. The molecule has 9 heteroatoms. The van der Waals surface area contributed by atoms with Gasteiger partial charge < -0.3 is 5.32 Å². The van der Waals surface area contributed by atoms with E-state index < -0.39 is 0 Å². The molecule has 0 spiro atoms. The summed E-state index contributed by atoms with van der Waals surface area (Å²) in [5.74, 6) is -0.717. The molecular weight excluding hydrogens is 413 g/mol. The lowest BCUT2D eigenvalue weighted by molar-refractivity contribution is -0.126. The molecule has 26 heavy (non-hydrogen) atoms. The van der Waals surface area contributed by atoms with Crippen LogP contribution in [0.5, 0.6) is 0 Å². The number of amides is 2. The van der Waals surface area contributed by atoms with E-state index >= 15 is 0 Å². The van der Waals surface area contributed by atoms with Crippen molar-refractivity contribution in [3.8, 4) is 0 Å². The van der Waals surface area contributed by atoms with Gasteiger partial charge in [0.2, 0.25) is 5.91 Å². The molecule has 0 aliphatic carbocycles. The molecule has 1 N–H and O–H groups in total. The first-order chi connectivity index (χ1) is 12.5. The van der Waals surface area contributed by atoms with Gasteiger partial charge in [-0.2, -0.15) is 0 Å². The molecule has 1 aliphatic rings. The predicted molar refractivity (Wildman–Crippen MR) is 109 cm³/mol. The summed E-state index contributed by atoms with van der Waals surface area (Å²) in [4.78, 5) is 30.3. The van der Waals surface area contributed by atoms with Gasteiger partial charge in [0, 0.05) is 33.7 Å². The number of hydrogen-bond acceptors (Lipinski definition) is 5. The second-order valence-corrected chi connectivity index (χ2v) is 7.68. The Morgan fingerprint density at radius 3 is 2.54 bits per heavy atom. The summed E-state index contributed by atoms with van der Waals surface area (Å²) < 4.78 is 0.300. The van der Waals surface area contributed by atoms with Crippen LogP contribution in [0.1, 0.15) is 5.56 Å². The summed E-state index contributed by atoms with van der Waals surface area (Å²) in [5, 5.41) is 3.55. The van der Waals surface area contributed by atoms with Gasteiger partial charge in [0.25, 0.3) is 5.91 Å². The molecule has 0 saturated carbocycles. The smallest absolute Gasteiger partial charge is 0.266 e. The summed E-state index contributed by atoms with van der Waals surface area (Å²) in [6.07, 6.45) is 4.71. The predicted octanol–water partition coefficient (Wildman–Crippen LogP) is 4.23. The zero-order valence-electron chi connectivity index (χ0n) is 13.1. The third kappa shape index (κ3) is 4.24. The van der Waals surface area contributed by atoms with E-state index in [4.69, 9.17) is 35.4 Å². The molecule has 3 rings (SSSR count). The van der Waals surface area contributed by atoms with Crippen LogP contribution in [-0.2, 0) is 9.59 Å². The Morgan fingerprint density at radius 2 is 1.88 bits per heavy atom. The van der Waals surface area contributed by atoms with Crippen molar-refractivity contribution in [1.29, 1.82) is 0 Å². The Hall–Kier alpha value is -1.93. The van der Waals surface area contributed by atoms with Crippen LogP contribution in [0.3, 0.4) is 0 Å². The molecule has 0 atom stereocenters. The van der Waals surface area contributed by atoms with Crippen molar-refractivity contribution in [2.24, 2.45) is 0 Å². The van der Waals surface area contributed by atoms with Crippen LogP contribution in [-0.4, -0.2) is 32.6 Å². The number of rotatable bonds is 4. The minimum absolute atomic E-state index is 0.180. The van der Waals surface area contributed by atoms with Crippen molar-refractivity contribution >= 4 is 75.1 Å². The zero-order valence-corrected chi connectivity index (χ0v) is 16.3. The Morgan fingerprint density at radius 1 is 1.23 bits per heavy atom. The Labute approximate surface area is 169 Å². The van der Waals surface area contributed by atoms with Gasteiger partial charge >= 0.3 is 0 Å². The number of aromatic nitrogens is 1. The highest BCUT2D eigenvalue weighted by Gasteiger charge is 2.33. The number of anilines is 1. The SMILES string of the molecule is O=C(CN1C(=O)/C(=C/c2c(Cl)cccc2Cl)SC1=S)Nc1ccncc1. The van der Waals surface area contributed by atoms with Crippen LogP contribution < -0.4 is 5.32 Å². The quantitative estimate of drug-likeness (QED) is 0.588. The molecule has 0 unspecified atom stereocenters. The first-order valence-corrected chi connectivity index (χ1v) is 9.33. The van der Waals surface area contributed by atoms with E-state index in [1.807, 2.05) is 0 Å². The van der Waals surface area contributed by atoms with Gasteiger partial charge in [0.15, 0.2) is 0 Å². The third-order valence-corrected chi connectivity index (χ3v) is 5.45. The first kappa shape index (κ1) is 18.8. The van der Waals surface area contributed by atoms with Gasteiger partial charge in [-0.1, -0.05) is 53.2 Å². The van der Waals surface area contributed by atoms with Crippen molar-refractivity contribution in [3.05, 3.63) is 63.2 Å². The third-order valence-electron chi connectivity index (χ3n) is 3.41. The number of nitrogens with zero attached hydrogens (tertiary/aromatic N) is 2. The van der Waals surface area contributed by atoms with Crippen LogP contribution in [0.15, 0.2) is 47.6 Å². The number of nitrogens with one attached hydrogen (secondary N) is 1. The van der Waals surface area contributed by atoms with Crippen LogP contribution in [0, 0.1) is 0 Å². The van der Waals surface area contributed by atoms with Crippen LogP contribution >= 0.6 is 47.2 Å². The van der Waals surface area contributed by atoms with E-state index in [1.165, 1.54) is 4.90 Å². The molecule has 2 aromatic rings. The number of carbonyl (C=O) groups excluding carboxylic acids is 2. The van der Waals surface area contributed by atoms with Gasteiger partial charge in [0.05, 0.1) is 4.91 Å². The fraction of sp³-hybridized carbons (Fsp3) is 0.0588. The zero-order chi connectivity index (χ0) is 18.7. The second-order valence-electron chi connectivity index (χ2n) is 5.19. The Bertz CT molecular complexity index is 899. The van der Waals surface area contributed by atoms with E-state index in [0.717, 1.165) is 11.8 Å². The van der Waals surface area contributed by atoms with E-state index in [9.17, 15) is 9.59 Å². The summed E-state index contributed by atoms with van der Waals surface area (Å²) >= 11 is 18.6. The maximum atomic E-state index is 12.6. The number of hydrogen-bond donors (Lipinski definition) is 1. The first-order valence-electron chi connectivity index (χ1n) is 7.35. The maximum absolute atomic E-state index is 12.6. The van der Waals surface area contributed by atoms with Crippen LogP contribution in [0.25, 0.3) is 6.08 Å². The normalized spacial score (nSPS) is 15.6. The molecule has 1 aliphatic heterocycles. The minimum Gasteiger partial charge on any atom is -0.324 e. The maximum Gasteiger partial charge on any atom is 0.266 e. The molecule has 5 nitrogen and oxygen atoms in total. The molecule has 1 aromatic heterocycles. The topological polar surface area (TPSA) is 62.3 Å². The number of pyridine rings is 1. The fourth-order valence-electron chi connectivity index (χ4n) is 2.20. The van der Waals surface area contributed by atoms with Crippen molar-refractivity contribution in [3.63, 3.8) is 0 Å². The molecule has 2 amide bonds. The summed E-state index contributed by atoms with van der Waals surface area (Å²) in [6.45, 7) is -0.180. The van der Waals surface area contributed by atoms with Gasteiger partial charge in [-0.25, -0.2) is 0 Å². The lowest BCUT2D eigenvalue weighted by Gasteiger charge is -2.14. The molecule has 1 saturated heterocycles. The highest BCUT2D eigenvalue weighted by atomic mass is 35.5. The summed E-state index contributed by atoms with van der Waals surface area (Å²) in [6, 6.07) is 8.39. The molecule has 1 fully saturated rings. The molecule has 0 bridgehead atoms. The van der Waals surface area contributed by atoms with E-state index in [2.05, 4.69) is 10.3 Å². The Balaban J connectivity index is 1.75. The fourth-order valence-corrected chi connectivity index (χ4v) is 3.94. The molecule has 0 radical (unpaired) electrons. The van der Waals surface area contributed by atoms with E-state index in [1.54, 1.807) is 48.8 Å². The molecule has 2 heterocycles. The second kappa shape index (κ2) is 8.18. The number of thioether (sulfide) groups is 1. The summed E-state index contributed by atoms with van der Waals surface area (Å²) in [7, 11) is 0. The van der Waals surface area contributed by atoms with Crippen molar-refractivity contribution < 1.29 is 9.59 Å². The lowest BCUT2D eigenvalue weighted by atomic mass is 10.2. The van der Waals surface area contributed by atoms with Crippen LogP contribution in [0.4, 0.5) is 5.69 Å².